The van der Waals surface area contributed by atoms with Gasteiger partial charge in [0.25, 0.3) is 0 Å². The van der Waals surface area contributed by atoms with Crippen molar-refractivity contribution >= 4 is 11.6 Å². The van der Waals surface area contributed by atoms with Crippen LogP contribution in [-0.4, -0.2) is 53.5 Å². The van der Waals surface area contributed by atoms with Crippen molar-refractivity contribution in [3.8, 4) is 5.75 Å². The number of amides is 1. The van der Waals surface area contributed by atoms with Crippen molar-refractivity contribution < 1.29 is 9.53 Å². The van der Waals surface area contributed by atoms with Crippen LogP contribution >= 0.6 is 0 Å². The topological polar surface area (TPSA) is 57.7 Å². The molecule has 0 saturated carbocycles. The van der Waals surface area contributed by atoms with Crippen molar-refractivity contribution in [3.05, 3.63) is 90.3 Å². The van der Waals surface area contributed by atoms with Crippen molar-refractivity contribution in [2.24, 2.45) is 0 Å². The van der Waals surface area contributed by atoms with Crippen molar-refractivity contribution in [2.45, 2.75) is 19.5 Å². The third-order valence-electron chi connectivity index (χ3n) is 5.69. The maximum atomic E-state index is 13.5. The summed E-state index contributed by atoms with van der Waals surface area (Å²) in [5, 5.41) is 3.11. The normalized spacial score (nSPS) is 15.8. The van der Waals surface area contributed by atoms with E-state index in [1.54, 1.807) is 0 Å². The zero-order valence-corrected chi connectivity index (χ0v) is 18.5. The van der Waals surface area contributed by atoms with E-state index in [1.807, 2.05) is 79.9 Å². The van der Waals surface area contributed by atoms with E-state index in [-0.39, 0.29) is 11.9 Å². The highest BCUT2D eigenvalue weighted by molar-refractivity contribution is 5.96. The second kappa shape index (κ2) is 10.9. The highest BCUT2D eigenvalue weighted by atomic mass is 16.5. The molecule has 6 heteroatoms. The zero-order valence-electron chi connectivity index (χ0n) is 18.5. The molecule has 6 nitrogen and oxygen atoms in total. The molecule has 4 rings (SSSR count). The van der Waals surface area contributed by atoms with Crippen molar-refractivity contribution in [2.75, 3.05) is 38.1 Å². The molecule has 166 valence electrons. The molecular formula is C26H30N4O2. The number of carbonyl (C=O) groups is 1. The Morgan fingerprint density at radius 3 is 2.41 bits per heavy atom. The third-order valence-corrected chi connectivity index (χ3v) is 5.69. The summed E-state index contributed by atoms with van der Waals surface area (Å²) in [6, 6.07) is 23.3. The minimum absolute atomic E-state index is 0.0403. The maximum Gasteiger partial charge on any atom is 0.246 e. The van der Waals surface area contributed by atoms with E-state index in [1.165, 1.54) is 0 Å². The molecule has 1 atom stereocenters. The minimum atomic E-state index is -0.358. The molecule has 0 aliphatic carbocycles. The molecule has 1 aliphatic heterocycles. The van der Waals surface area contributed by atoms with E-state index in [2.05, 4.69) is 26.2 Å². The van der Waals surface area contributed by atoms with Gasteiger partial charge in [-0.15, -0.1) is 0 Å². The van der Waals surface area contributed by atoms with Gasteiger partial charge in [0.15, 0.2) is 0 Å². The molecular weight excluding hydrogens is 400 g/mol. The highest BCUT2D eigenvalue weighted by Gasteiger charge is 2.31. The number of benzene rings is 2. The van der Waals surface area contributed by atoms with Gasteiger partial charge in [-0.3, -0.25) is 19.6 Å². The number of rotatable bonds is 8. The number of para-hydroxylation sites is 2. The van der Waals surface area contributed by atoms with E-state index < -0.39 is 0 Å². The molecule has 1 aromatic heterocycles. The van der Waals surface area contributed by atoms with Crippen LogP contribution in [0.2, 0.25) is 0 Å². The van der Waals surface area contributed by atoms with E-state index >= 15 is 0 Å². The summed E-state index contributed by atoms with van der Waals surface area (Å²) in [5.41, 5.74) is 2.77. The quantitative estimate of drug-likeness (QED) is 0.586. The number of hydrogen-bond donors (Lipinski definition) is 1. The van der Waals surface area contributed by atoms with Gasteiger partial charge in [0.2, 0.25) is 5.91 Å². The van der Waals surface area contributed by atoms with Gasteiger partial charge in [-0.1, -0.05) is 48.5 Å². The molecule has 1 amide bonds. The third kappa shape index (κ3) is 5.52. The van der Waals surface area contributed by atoms with Gasteiger partial charge < -0.3 is 10.1 Å². The molecule has 1 fully saturated rings. The van der Waals surface area contributed by atoms with Crippen LogP contribution < -0.4 is 10.1 Å². The van der Waals surface area contributed by atoms with Gasteiger partial charge in [-0.2, -0.15) is 0 Å². The number of hydrogen-bond acceptors (Lipinski definition) is 5. The maximum absolute atomic E-state index is 13.5. The summed E-state index contributed by atoms with van der Waals surface area (Å²) in [6.07, 6.45) is 1.83. The number of pyridine rings is 1. The largest absolute Gasteiger partial charge is 0.492 e. The predicted octanol–water partition coefficient (Wildman–Crippen LogP) is 3.98. The van der Waals surface area contributed by atoms with Crippen molar-refractivity contribution in [3.63, 3.8) is 0 Å². The lowest BCUT2D eigenvalue weighted by atomic mass is 10.0. The first-order valence-corrected chi connectivity index (χ1v) is 11.2. The SMILES string of the molecule is CCOc1ccccc1NC(=O)C(c1ccccc1)N1CCN(Cc2ccccn2)CC1. The van der Waals surface area contributed by atoms with Crippen LogP contribution in [-0.2, 0) is 11.3 Å². The van der Waals surface area contributed by atoms with Crippen LogP contribution in [0.5, 0.6) is 5.75 Å². The Bertz CT molecular complexity index is 989. The van der Waals surface area contributed by atoms with Gasteiger partial charge in [-0.25, -0.2) is 0 Å². The summed E-state index contributed by atoms with van der Waals surface area (Å²) in [5.74, 6) is 0.650. The van der Waals surface area contributed by atoms with E-state index in [4.69, 9.17) is 4.74 Å². The number of anilines is 1. The summed E-state index contributed by atoms with van der Waals surface area (Å²) < 4.78 is 5.70. The first-order valence-electron chi connectivity index (χ1n) is 11.2. The first-order chi connectivity index (χ1) is 15.7. The van der Waals surface area contributed by atoms with Crippen molar-refractivity contribution in [1.29, 1.82) is 0 Å². The summed E-state index contributed by atoms with van der Waals surface area (Å²) >= 11 is 0. The van der Waals surface area contributed by atoms with E-state index in [0.29, 0.717) is 18.0 Å². The van der Waals surface area contributed by atoms with Crippen LogP contribution in [0, 0.1) is 0 Å². The van der Waals surface area contributed by atoms with Gasteiger partial charge in [-0.05, 0) is 36.8 Å². The lowest BCUT2D eigenvalue weighted by Gasteiger charge is -2.38. The number of aromatic nitrogens is 1. The average molecular weight is 431 g/mol. The van der Waals surface area contributed by atoms with E-state index in [9.17, 15) is 4.79 Å². The van der Waals surface area contributed by atoms with E-state index in [0.717, 1.165) is 44.0 Å². The summed E-state index contributed by atoms with van der Waals surface area (Å²) in [6.45, 7) is 6.73. The second-order valence-electron chi connectivity index (χ2n) is 7.86. The Balaban J connectivity index is 1.48. The lowest BCUT2D eigenvalue weighted by Crippen LogP contribution is -2.49. The molecule has 3 aromatic rings. The number of ether oxygens (including phenoxy) is 1. The first kappa shape index (κ1) is 22.0. The minimum Gasteiger partial charge on any atom is -0.492 e. The average Bonchev–Trinajstić information content (AvgIpc) is 2.83. The summed E-state index contributed by atoms with van der Waals surface area (Å²) in [4.78, 5) is 22.6. The smallest absolute Gasteiger partial charge is 0.246 e. The standard InChI is InChI=1S/C26H30N4O2/c1-2-32-24-14-7-6-13-23(24)28-26(31)25(21-10-4-3-5-11-21)30-18-16-29(17-19-30)20-22-12-8-9-15-27-22/h3-15,25H,2,16-20H2,1H3,(H,28,31). The molecule has 0 radical (unpaired) electrons. The Hall–Kier alpha value is -3.22. The zero-order chi connectivity index (χ0) is 22.2. The van der Waals surface area contributed by atoms with Crippen LogP contribution in [0.1, 0.15) is 24.2 Å². The van der Waals surface area contributed by atoms with Crippen LogP contribution in [0.4, 0.5) is 5.69 Å². The van der Waals surface area contributed by atoms with Gasteiger partial charge in [0, 0.05) is 38.9 Å². The molecule has 0 spiro atoms. The number of piperazine rings is 1. The molecule has 1 N–H and O–H groups in total. The van der Waals surface area contributed by atoms with Gasteiger partial charge >= 0.3 is 0 Å². The fourth-order valence-electron chi connectivity index (χ4n) is 4.12. The molecule has 1 unspecified atom stereocenters. The molecule has 2 heterocycles. The molecule has 2 aromatic carbocycles. The monoisotopic (exact) mass is 430 g/mol. The second-order valence-corrected chi connectivity index (χ2v) is 7.86. The number of carbonyl (C=O) groups excluding carboxylic acids is 1. The molecule has 0 bridgehead atoms. The molecule has 32 heavy (non-hydrogen) atoms. The fraction of sp³-hybridized carbons (Fsp3) is 0.308. The Morgan fingerprint density at radius 1 is 0.969 bits per heavy atom. The van der Waals surface area contributed by atoms with Crippen LogP contribution in [0.3, 0.4) is 0 Å². The Kier molecular flexibility index (Phi) is 7.48. The fourth-order valence-corrected chi connectivity index (χ4v) is 4.12. The molecule has 1 saturated heterocycles. The number of nitrogens with zero attached hydrogens (tertiary/aromatic N) is 3. The molecule has 1 aliphatic rings. The van der Waals surface area contributed by atoms with Crippen LogP contribution in [0.25, 0.3) is 0 Å². The van der Waals surface area contributed by atoms with Gasteiger partial charge in [0.05, 0.1) is 18.0 Å². The predicted molar refractivity (Wildman–Crippen MR) is 127 cm³/mol. The van der Waals surface area contributed by atoms with Crippen molar-refractivity contribution in [1.82, 2.24) is 14.8 Å². The highest BCUT2D eigenvalue weighted by Crippen LogP contribution is 2.28. The lowest BCUT2D eigenvalue weighted by molar-refractivity contribution is -0.122. The Labute approximate surface area is 189 Å². The number of nitrogens with one attached hydrogen (secondary N) is 1. The van der Waals surface area contributed by atoms with Gasteiger partial charge in [0.1, 0.15) is 11.8 Å². The van der Waals surface area contributed by atoms with Crippen LogP contribution in [0.15, 0.2) is 79.0 Å². The Morgan fingerprint density at radius 2 is 1.69 bits per heavy atom. The summed E-state index contributed by atoms with van der Waals surface area (Å²) in [7, 11) is 0.